The Bertz CT molecular complexity index is 354. The second kappa shape index (κ2) is 6.49. The summed E-state index contributed by atoms with van der Waals surface area (Å²) >= 11 is 0. The van der Waals surface area contributed by atoms with Gasteiger partial charge in [0.1, 0.15) is 0 Å². The number of guanidine groups is 1. The maximum absolute atomic E-state index is 12.2. The average Bonchev–Trinajstić information content (AvgIpc) is 2.48. The van der Waals surface area contributed by atoms with Crippen molar-refractivity contribution in [3.05, 3.63) is 0 Å². The van der Waals surface area contributed by atoms with Gasteiger partial charge in [0.2, 0.25) is 17.8 Å². The van der Waals surface area contributed by atoms with E-state index in [1.54, 1.807) is 14.0 Å². The first-order chi connectivity index (χ1) is 8.49. The molecule has 2 atom stereocenters. The predicted octanol–water partition coefficient (Wildman–Crippen LogP) is 0.0842. The third-order valence-corrected chi connectivity index (χ3v) is 3.21. The van der Waals surface area contributed by atoms with Crippen molar-refractivity contribution in [1.29, 1.82) is 0 Å². The van der Waals surface area contributed by atoms with E-state index in [0.717, 1.165) is 12.8 Å². The Morgan fingerprint density at radius 2 is 2.28 bits per heavy atom. The lowest BCUT2D eigenvalue weighted by Crippen LogP contribution is -2.49. The van der Waals surface area contributed by atoms with Crippen LogP contribution in [0.25, 0.3) is 0 Å². The van der Waals surface area contributed by atoms with Crippen LogP contribution < -0.4 is 11.1 Å². The fraction of sp³-hybridized carbons (Fsp3) is 0.750. The van der Waals surface area contributed by atoms with Gasteiger partial charge in [-0.05, 0) is 25.8 Å². The summed E-state index contributed by atoms with van der Waals surface area (Å²) in [5, 5.41) is 2.99. The van der Waals surface area contributed by atoms with Crippen LogP contribution in [0.4, 0.5) is 0 Å². The minimum absolute atomic E-state index is 0.0150. The molecule has 1 aliphatic rings. The zero-order chi connectivity index (χ0) is 13.7. The SMILES string of the molecule is CCC(=O)N=C(N)N1CCC(C)CC(NC)C1=O. The van der Waals surface area contributed by atoms with Crippen LogP contribution in [-0.2, 0) is 9.59 Å². The summed E-state index contributed by atoms with van der Waals surface area (Å²) in [5.41, 5.74) is 5.75. The van der Waals surface area contributed by atoms with Crippen molar-refractivity contribution in [2.45, 2.75) is 39.2 Å². The molecule has 0 saturated carbocycles. The zero-order valence-electron chi connectivity index (χ0n) is 11.3. The van der Waals surface area contributed by atoms with Gasteiger partial charge in [0.25, 0.3) is 0 Å². The number of rotatable bonds is 2. The smallest absolute Gasteiger partial charge is 0.248 e. The molecule has 102 valence electrons. The van der Waals surface area contributed by atoms with Crippen molar-refractivity contribution in [2.24, 2.45) is 16.6 Å². The first-order valence-corrected chi connectivity index (χ1v) is 6.35. The molecule has 6 nitrogen and oxygen atoms in total. The Kier molecular flexibility index (Phi) is 5.27. The summed E-state index contributed by atoms with van der Waals surface area (Å²) in [7, 11) is 1.75. The molecule has 1 heterocycles. The first kappa shape index (κ1) is 14.6. The second-order valence-corrected chi connectivity index (χ2v) is 4.68. The van der Waals surface area contributed by atoms with Gasteiger partial charge in [0.15, 0.2) is 0 Å². The quantitative estimate of drug-likeness (QED) is 0.540. The summed E-state index contributed by atoms with van der Waals surface area (Å²) in [6.45, 7) is 4.33. The minimum Gasteiger partial charge on any atom is -0.369 e. The Balaban J connectivity index is 2.89. The van der Waals surface area contributed by atoms with E-state index in [9.17, 15) is 9.59 Å². The van der Waals surface area contributed by atoms with Crippen molar-refractivity contribution in [1.82, 2.24) is 10.2 Å². The molecule has 0 spiro atoms. The summed E-state index contributed by atoms with van der Waals surface area (Å²) in [6, 6.07) is -0.257. The van der Waals surface area contributed by atoms with Gasteiger partial charge in [0.05, 0.1) is 6.04 Å². The van der Waals surface area contributed by atoms with Gasteiger partial charge in [-0.2, -0.15) is 4.99 Å². The molecule has 2 unspecified atom stereocenters. The van der Waals surface area contributed by atoms with E-state index in [1.165, 1.54) is 4.90 Å². The van der Waals surface area contributed by atoms with Crippen LogP contribution in [0.15, 0.2) is 4.99 Å². The van der Waals surface area contributed by atoms with E-state index >= 15 is 0 Å². The van der Waals surface area contributed by atoms with E-state index in [0.29, 0.717) is 12.5 Å². The normalized spacial score (nSPS) is 26.1. The first-order valence-electron chi connectivity index (χ1n) is 6.35. The van der Waals surface area contributed by atoms with Crippen molar-refractivity contribution < 1.29 is 9.59 Å². The van der Waals surface area contributed by atoms with Gasteiger partial charge in [-0.25, -0.2) is 0 Å². The highest BCUT2D eigenvalue weighted by Gasteiger charge is 2.30. The van der Waals surface area contributed by atoms with Crippen LogP contribution in [0, 0.1) is 5.92 Å². The number of aliphatic imine (C=N–C) groups is 1. The number of hydrogen-bond donors (Lipinski definition) is 2. The third kappa shape index (κ3) is 3.53. The number of carbonyl (C=O) groups excluding carboxylic acids is 2. The minimum atomic E-state index is -0.307. The predicted molar refractivity (Wildman–Crippen MR) is 69.9 cm³/mol. The highest BCUT2D eigenvalue weighted by atomic mass is 16.2. The standard InChI is InChI=1S/C12H22N4O2/c1-4-10(17)15-12(13)16-6-5-8(2)7-9(14-3)11(16)18/h8-9,14H,4-7H2,1-3H3,(H2,13,15,17). The molecule has 3 N–H and O–H groups in total. The topological polar surface area (TPSA) is 87.8 Å². The van der Waals surface area contributed by atoms with Crippen LogP contribution in [0.5, 0.6) is 0 Å². The summed E-state index contributed by atoms with van der Waals surface area (Å²) in [6.07, 6.45) is 1.93. The molecule has 0 radical (unpaired) electrons. The molecule has 0 aromatic rings. The molecule has 1 fully saturated rings. The van der Waals surface area contributed by atoms with Gasteiger partial charge >= 0.3 is 0 Å². The lowest BCUT2D eigenvalue weighted by Gasteiger charge is -2.22. The Hall–Kier alpha value is -1.43. The maximum Gasteiger partial charge on any atom is 0.248 e. The summed E-state index contributed by atoms with van der Waals surface area (Å²) < 4.78 is 0. The van der Waals surface area contributed by atoms with Crippen LogP contribution in [0.2, 0.25) is 0 Å². The maximum atomic E-state index is 12.2. The number of carbonyl (C=O) groups is 2. The second-order valence-electron chi connectivity index (χ2n) is 4.68. The molecule has 1 rings (SSSR count). The Morgan fingerprint density at radius 1 is 1.61 bits per heavy atom. The van der Waals surface area contributed by atoms with E-state index in [1.807, 2.05) is 0 Å². The largest absolute Gasteiger partial charge is 0.369 e. The zero-order valence-corrected chi connectivity index (χ0v) is 11.3. The number of likely N-dealkylation sites (N-methyl/N-ethyl adjacent to an activating group) is 1. The van der Waals surface area contributed by atoms with Gasteiger partial charge < -0.3 is 11.1 Å². The fourth-order valence-electron chi connectivity index (χ4n) is 2.00. The van der Waals surface area contributed by atoms with Crippen molar-refractivity contribution >= 4 is 17.8 Å². The van der Waals surface area contributed by atoms with E-state index in [2.05, 4.69) is 17.2 Å². The molecule has 18 heavy (non-hydrogen) atoms. The molecule has 2 amide bonds. The molecular formula is C12H22N4O2. The van der Waals surface area contributed by atoms with Crippen molar-refractivity contribution in [3.63, 3.8) is 0 Å². The number of hydrogen-bond acceptors (Lipinski definition) is 3. The van der Waals surface area contributed by atoms with Gasteiger partial charge in [-0.3, -0.25) is 14.5 Å². The summed E-state index contributed by atoms with van der Waals surface area (Å²) in [5.74, 6) is 0.0397. The summed E-state index contributed by atoms with van der Waals surface area (Å²) in [4.78, 5) is 28.6. The number of nitrogens with one attached hydrogen (secondary N) is 1. The monoisotopic (exact) mass is 254 g/mol. The molecule has 1 saturated heterocycles. The molecule has 6 heteroatoms. The highest BCUT2D eigenvalue weighted by molar-refractivity contribution is 6.02. The van der Waals surface area contributed by atoms with Gasteiger partial charge in [-0.15, -0.1) is 0 Å². The lowest BCUT2D eigenvalue weighted by atomic mass is 10.0. The molecule has 0 bridgehead atoms. The average molecular weight is 254 g/mol. The van der Waals surface area contributed by atoms with Crippen molar-refractivity contribution in [2.75, 3.05) is 13.6 Å². The van der Waals surface area contributed by atoms with Crippen LogP contribution in [-0.4, -0.2) is 42.3 Å². The van der Waals surface area contributed by atoms with E-state index in [-0.39, 0.29) is 30.2 Å². The third-order valence-electron chi connectivity index (χ3n) is 3.21. The molecule has 0 aliphatic carbocycles. The van der Waals surface area contributed by atoms with Crippen LogP contribution in [0.3, 0.4) is 0 Å². The Morgan fingerprint density at radius 3 is 2.83 bits per heavy atom. The van der Waals surface area contributed by atoms with Crippen LogP contribution >= 0.6 is 0 Å². The number of nitrogens with two attached hydrogens (primary N) is 1. The van der Waals surface area contributed by atoms with Gasteiger partial charge in [0, 0.05) is 13.0 Å². The fourth-order valence-corrected chi connectivity index (χ4v) is 2.00. The Labute approximate surface area is 108 Å². The number of likely N-dealkylation sites (tertiary alicyclic amines) is 1. The van der Waals surface area contributed by atoms with Gasteiger partial charge in [-0.1, -0.05) is 13.8 Å². The molecular weight excluding hydrogens is 232 g/mol. The van der Waals surface area contributed by atoms with Crippen LogP contribution in [0.1, 0.15) is 33.1 Å². The highest BCUT2D eigenvalue weighted by Crippen LogP contribution is 2.17. The van der Waals surface area contributed by atoms with E-state index < -0.39 is 0 Å². The molecule has 1 aliphatic heterocycles. The van der Waals surface area contributed by atoms with E-state index in [4.69, 9.17) is 5.73 Å². The number of nitrogens with zero attached hydrogens (tertiary/aromatic N) is 2. The molecule has 0 aromatic carbocycles. The molecule has 0 aromatic heterocycles. The lowest BCUT2D eigenvalue weighted by molar-refractivity contribution is -0.129. The van der Waals surface area contributed by atoms with Crippen molar-refractivity contribution in [3.8, 4) is 0 Å². The number of amides is 2.